The van der Waals surface area contributed by atoms with Crippen LogP contribution >= 0.6 is 11.8 Å². The van der Waals surface area contributed by atoms with E-state index in [0.717, 1.165) is 30.7 Å². The summed E-state index contributed by atoms with van der Waals surface area (Å²) in [5.74, 6) is 1.72. The molecule has 1 heterocycles. The number of carbonyl (C=O) groups is 1. The Morgan fingerprint density at radius 2 is 2.16 bits per heavy atom. The Bertz CT molecular complexity index is 436. The van der Waals surface area contributed by atoms with Crippen LogP contribution in [0.15, 0.2) is 24.3 Å². The van der Waals surface area contributed by atoms with Crippen LogP contribution in [0.5, 0.6) is 5.75 Å². The highest BCUT2D eigenvalue weighted by atomic mass is 32.2. The van der Waals surface area contributed by atoms with Crippen molar-refractivity contribution in [1.82, 2.24) is 4.90 Å². The molecule has 1 aromatic rings. The van der Waals surface area contributed by atoms with E-state index in [9.17, 15) is 4.79 Å². The molecule has 0 bridgehead atoms. The molecule has 0 spiro atoms. The average molecular weight is 279 g/mol. The van der Waals surface area contributed by atoms with Crippen LogP contribution in [0.1, 0.15) is 37.6 Å². The summed E-state index contributed by atoms with van der Waals surface area (Å²) >= 11 is 1.70. The molecule has 1 aliphatic rings. The van der Waals surface area contributed by atoms with Gasteiger partial charge in [0, 0.05) is 12.1 Å². The van der Waals surface area contributed by atoms with Crippen LogP contribution in [0.25, 0.3) is 0 Å². The number of ether oxygens (including phenoxy) is 1. The number of nitrogens with zero attached hydrogens (tertiary/aromatic N) is 1. The first-order chi connectivity index (χ1) is 9.27. The van der Waals surface area contributed by atoms with Crippen LogP contribution in [0, 0.1) is 0 Å². The van der Waals surface area contributed by atoms with Gasteiger partial charge in [0.05, 0.1) is 12.4 Å². The maximum absolute atomic E-state index is 12.0. The fraction of sp³-hybridized carbons (Fsp3) is 0.533. The lowest BCUT2D eigenvalue weighted by molar-refractivity contribution is -0.128. The maximum atomic E-state index is 12.0. The fourth-order valence-corrected chi connectivity index (χ4v) is 3.50. The predicted octanol–water partition coefficient (Wildman–Crippen LogP) is 3.46. The first-order valence-electron chi connectivity index (χ1n) is 6.90. The molecule has 1 atom stereocenters. The molecule has 3 nitrogen and oxygen atoms in total. The Balaban J connectivity index is 2.21. The molecule has 2 rings (SSSR count). The van der Waals surface area contributed by atoms with Crippen LogP contribution in [0.4, 0.5) is 0 Å². The molecule has 4 heteroatoms. The molecule has 1 aromatic carbocycles. The number of carbonyl (C=O) groups excluding carboxylic acids is 1. The van der Waals surface area contributed by atoms with Gasteiger partial charge in [-0.1, -0.05) is 31.5 Å². The van der Waals surface area contributed by atoms with Crippen molar-refractivity contribution in [2.45, 2.75) is 32.1 Å². The Kier molecular flexibility index (Phi) is 5.14. The van der Waals surface area contributed by atoms with Crippen LogP contribution in [-0.4, -0.2) is 29.7 Å². The predicted molar refractivity (Wildman–Crippen MR) is 79.4 cm³/mol. The lowest BCUT2D eigenvalue weighted by Gasteiger charge is -2.25. The molecule has 0 radical (unpaired) electrons. The van der Waals surface area contributed by atoms with Crippen molar-refractivity contribution in [3.63, 3.8) is 0 Å². The minimum atomic E-state index is 0.113. The van der Waals surface area contributed by atoms with Gasteiger partial charge in [-0.2, -0.15) is 0 Å². The lowest BCUT2D eigenvalue weighted by Crippen LogP contribution is -2.29. The van der Waals surface area contributed by atoms with Crippen molar-refractivity contribution in [3.05, 3.63) is 29.8 Å². The fourth-order valence-electron chi connectivity index (χ4n) is 2.25. The monoisotopic (exact) mass is 279 g/mol. The Morgan fingerprint density at radius 3 is 2.89 bits per heavy atom. The van der Waals surface area contributed by atoms with Gasteiger partial charge in [0.1, 0.15) is 11.1 Å². The third kappa shape index (κ3) is 3.24. The van der Waals surface area contributed by atoms with E-state index in [1.165, 1.54) is 0 Å². The summed E-state index contributed by atoms with van der Waals surface area (Å²) in [5.41, 5.74) is 1.12. The van der Waals surface area contributed by atoms with E-state index in [4.69, 9.17) is 4.74 Å². The summed E-state index contributed by atoms with van der Waals surface area (Å²) in [4.78, 5) is 14.0. The van der Waals surface area contributed by atoms with E-state index < -0.39 is 0 Å². The molecular formula is C15H21NO2S. The first kappa shape index (κ1) is 14.3. The summed E-state index contributed by atoms with van der Waals surface area (Å²) in [6, 6.07) is 8.05. The van der Waals surface area contributed by atoms with E-state index in [-0.39, 0.29) is 11.3 Å². The number of hydrogen-bond donors (Lipinski definition) is 0. The maximum Gasteiger partial charge on any atom is 0.233 e. The minimum absolute atomic E-state index is 0.113. The summed E-state index contributed by atoms with van der Waals surface area (Å²) in [6.45, 7) is 5.63. The highest BCUT2D eigenvalue weighted by Gasteiger charge is 2.33. The zero-order valence-corrected chi connectivity index (χ0v) is 12.4. The zero-order valence-electron chi connectivity index (χ0n) is 11.6. The summed E-state index contributed by atoms with van der Waals surface area (Å²) in [6.07, 6.45) is 2.16. The van der Waals surface area contributed by atoms with Crippen LogP contribution in [0.3, 0.4) is 0 Å². The van der Waals surface area contributed by atoms with Crippen LogP contribution in [-0.2, 0) is 4.79 Å². The molecule has 0 aliphatic carbocycles. The number of para-hydroxylation sites is 1. The number of unbranched alkanes of at least 4 members (excludes halogenated alkanes) is 1. The SMILES string of the molecule is CCCCN1C(=O)CSC1c1ccccc1OCC. The smallest absolute Gasteiger partial charge is 0.233 e. The number of thioether (sulfide) groups is 1. The second-order valence-electron chi connectivity index (χ2n) is 4.57. The molecule has 1 fully saturated rings. The quantitative estimate of drug-likeness (QED) is 0.798. The third-order valence-corrected chi connectivity index (χ3v) is 4.44. The van der Waals surface area contributed by atoms with Crippen molar-refractivity contribution in [1.29, 1.82) is 0 Å². The van der Waals surface area contributed by atoms with Gasteiger partial charge in [0.25, 0.3) is 0 Å². The van der Waals surface area contributed by atoms with Crippen molar-refractivity contribution in [2.24, 2.45) is 0 Å². The third-order valence-electron chi connectivity index (χ3n) is 3.21. The van der Waals surface area contributed by atoms with Crippen LogP contribution in [0.2, 0.25) is 0 Å². The first-order valence-corrected chi connectivity index (χ1v) is 7.95. The molecular weight excluding hydrogens is 258 g/mol. The summed E-state index contributed by atoms with van der Waals surface area (Å²) in [5, 5.41) is 0.113. The van der Waals surface area contributed by atoms with Gasteiger partial charge < -0.3 is 9.64 Å². The van der Waals surface area contributed by atoms with E-state index in [2.05, 4.69) is 13.0 Å². The van der Waals surface area contributed by atoms with Gasteiger partial charge in [0.2, 0.25) is 5.91 Å². The largest absolute Gasteiger partial charge is 0.493 e. The molecule has 19 heavy (non-hydrogen) atoms. The molecule has 1 aliphatic heterocycles. The van der Waals surface area contributed by atoms with E-state index >= 15 is 0 Å². The van der Waals surface area contributed by atoms with Gasteiger partial charge in [-0.3, -0.25) is 4.79 Å². The van der Waals surface area contributed by atoms with Gasteiger partial charge in [-0.15, -0.1) is 11.8 Å². The molecule has 0 saturated carbocycles. The Labute approximate surface area is 119 Å². The molecule has 1 amide bonds. The van der Waals surface area contributed by atoms with Crippen molar-refractivity contribution in [2.75, 3.05) is 18.9 Å². The van der Waals surface area contributed by atoms with Gasteiger partial charge >= 0.3 is 0 Å². The molecule has 0 aromatic heterocycles. The molecule has 1 saturated heterocycles. The number of benzene rings is 1. The molecule has 1 unspecified atom stereocenters. The summed E-state index contributed by atoms with van der Waals surface area (Å²) in [7, 11) is 0. The minimum Gasteiger partial charge on any atom is -0.493 e. The number of hydrogen-bond acceptors (Lipinski definition) is 3. The number of amides is 1. The Hall–Kier alpha value is -1.16. The average Bonchev–Trinajstić information content (AvgIpc) is 2.79. The highest BCUT2D eigenvalue weighted by Crippen LogP contribution is 2.42. The second-order valence-corrected chi connectivity index (χ2v) is 5.64. The van der Waals surface area contributed by atoms with Gasteiger partial charge in [0.15, 0.2) is 0 Å². The Morgan fingerprint density at radius 1 is 1.37 bits per heavy atom. The van der Waals surface area contributed by atoms with Crippen molar-refractivity contribution in [3.8, 4) is 5.75 Å². The van der Waals surface area contributed by atoms with Crippen molar-refractivity contribution < 1.29 is 9.53 Å². The standard InChI is InChI=1S/C15H21NO2S/c1-3-5-10-16-14(17)11-19-15(16)12-8-6-7-9-13(12)18-4-2/h6-9,15H,3-5,10-11H2,1-2H3. The van der Waals surface area contributed by atoms with E-state index in [0.29, 0.717) is 12.4 Å². The normalized spacial score (nSPS) is 18.9. The van der Waals surface area contributed by atoms with Gasteiger partial charge in [-0.05, 0) is 19.4 Å². The highest BCUT2D eigenvalue weighted by molar-refractivity contribution is 8.00. The zero-order chi connectivity index (χ0) is 13.7. The van der Waals surface area contributed by atoms with E-state index in [1.54, 1.807) is 11.8 Å². The molecule has 0 N–H and O–H groups in total. The molecule has 104 valence electrons. The summed E-state index contributed by atoms with van der Waals surface area (Å²) < 4.78 is 5.69. The lowest BCUT2D eigenvalue weighted by atomic mass is 10.1. The van der Waals surface area contributed by atoms with Gasteiger partial charge in [-0.25, -0.2) is 0 Å². The number of rotatable bonds is 6. The van der Waals surface area contributed by atoms with E-state index in [1.807, 2.05) is 30.0 Å². The topological polar surface area (TPSA) is 29.5 Å². The second kappa shape index (κ2) is 6.85. The van der Waals surface area contributed by atoms with Crippen molar-refractivity contribution >= 4 is 17.7 Å². The van der Waals surface area contributed by atoms with Crippen LogP contribution < -0.4 is 4.74 Å².